The molecule has 1 aliphatic heterocycles. The summed E-state index contributed by atoms with van der Waals surface area (Å²) >= 11 is 0. The summed E-state index contributed by atoms with van der Waals surface area (Å²) in [5.41, 5.74) is 1.22. The summed E-state index contributed by atoms with van der Waals surface area (Å²) < 4.78 is 52.0. The van der Waals surface area contributed by atoms with Crippen LogP contribution in [-0.2, 0) is 14.8 Å². The molecule has 5 rings (SSSR count). The predicted octanol–water partition coefficient (Wildman–Crippen LogP) is 2.15. The Labute approximate surface area is 199 Å². The fraction of sp³-hybridized carbons (Fsp3) is 0.273. The molecule has 0 bridgehead atoms. The predicted molar refractivity (Wildman–Crippen MR) is 123 cm³/mol. The van der Waals surface area contributed by atoms with E-state index in [2.05, 4.69) is 20.4 Å². The topological polar surface area (TPSA) is 132 Å². The van der Waals surface area contributed by atoms with Crippen LogP contribution >= 0.6 is 0 Å². The molecular weight excluding hydrogens is 479 g/mol. The quantitative estimate of drug-likeness (QED) is 0.389. The first-order valence-corrected chi connectivity index (χ1v) is 12.3. The lowest BCUT2D eigenvalue weighted by Gasteiger charge is -2.35. The van der Waals surface area contributed by atoms with Crippen molar-refractivity contribution in [3.05, 3.63) is 66.2 Å². The zero-order valence-electron chi connectivity index (χ0n) is 18.6. The van der Waals surface area contributed by atoms with Crippen LogP contribution in [0.3, 0.4) is 0 Å². The summed E-state index contributed by atoms with van der Waals surface area (Å²) in [6, 6.07) is 9.39. The van der Waals surface area contributed by atoms with E-state index >= 15 is 0 Å². The molecule has 1 aromatic carbocycles. The molecule has 0 spiro atoms. The minimum absolute atomic E-state index is 0.0520. The molecule has 1 aliphatic rings. The fourth-order valence-corrected chi connectivity index (χ4v) is 5.15. The highest BCUT2D eigenvalue weighted by Crippen LogP contribution is 2.30. The molecule has 182 valence electrons. The third-order valence-electron chi connectivity index (χ3n) is 5.70. The fourth-order valence-electron chi connectivity index (χ4n) is 3.70. The highest BCUT2D eigenvalue weighted by molar-refractivity contribution is 7.89. The van der Waals surface area contributed by atoms with Crippen LogP contribution < -0.4 is 5.32 Å². The molecular formula is C22H21FN6O5S. The van der Waals surface area contributed by atoms with E-state index in [0.717, 1.165) is 0 Å². The summed E-state index contributed by atoms with van der Waals surface area (Å²) in [5, 5.41) is 6.51. The Morgan fingerprint density at radius 3 is 2.91 bits per heavy atom. The smallest absolute Gasteiger partial charge is 0.274 e. The van der Waals surface area contributed by atoms with Crippen molar-refractivity contribution in [3.8, 4) is 11.4 Å². The van der Waals surface area contributed by atoms with E-state index in [1.54, 1.807) is 28.8 Å². The van der Waals surface area contributed by atoms with Gasteiger partial charge in [-0.1, -0.05) is 11.2 Å². The standard InChI is InChI=1S/C22H21FN6O5S/c1-33-8-9-35(31,32)28-12-15(13-28)22-26-20(27-34-22)14-5-6-16(23)17(10-14)25-21(30)18-11-24-19-4-2-3-7-29(18)19/h2-7,10-11,15H,8-9,12-13H2,1H3,(H,25,30). The van der Waals surface area contributed by atoms with E-state index in [1.165, 1.54) is 35.8 Å². The number of rotatable bonds is 8. The number of fused-ring (bicyclic) bond motifs is 1. The van der Waals surface area contributed by atoms with Crippen LogP contribution in [0, 0.1) is 5.82 Å². The number of amides is 1. The number of methoxy groups -OCH3 is 1. The summed E-state index contributed by atoms with van der Waals surface area (Å²) in [4.78, 5) is 21.3. The first-order chi connectivity index (χ1) is 16.9. The Bertz CT molecular complexity index is 1500. The number of hydrogen-bond acceptors (Lipinski definition) is 8. The maximum Gasteiger partial charge on any atom is 0.274 e. The van der Waals surface area contributed by atoms with Crippen molar-refractivity contribution in [2.45, 2.75) is 5.92 Å². The van der Waals surface area contributed by atoms with Gasteiger partial charge in [-0.05, 0) is 30.3 Å². The molecule has 3 aromatic heterocycles. The number of carbonyl (C=O) groups excluding carboxylic acids is 1. The van der Waals surface area contributed by atoms with Crippen LogP contribution in [0.1, 0.15) is 22.3 Å². The van der Waals surface area contributed by atoms with Gasteiger partial charge in [0.15, 0.2) is 0 Å². The lowest BCUT2D eigenvalue weighted by atomic mass is 10.0. The highest BCUT2D eigenvalue weighted by Gasteiger charge is 2.39. The van der Waals surface area contributed by atoms with Crippen LogP contribution in [0.25, 0.3) is 17.0 Å². The number of nitrogens with one attached hydrogen (secondary N) is 1. The second kappa shape index (κ2) is 9.17. The number of sulfonamides is 1. The van der Waals surface area contributed by atoms with Gasteiger partial charge in [0, 0.05) is 32.0 Å². The van der Waals surface area contributed by atoms with E-state index in [0.29, 0.717) is 17.1 Å². The second-order valence-electron chi connectivity index (χ2n) is 8.00. The van der Waals surface area contributed by atoms with Crippen molar-refractivity contribution >= 4 is 27.3 Å². The molecule has 0 unspecified atom stereocenters. The van der Waals surface area contributed by atoms with E-state index < -0.39 is 21.7 Å². The minimum Gasteiger partial charge on any atom is -0.384 e. The van der Waals surface area contributed by atoms with Gasteiger partial charge in [-0.2, -0.15) is 4.98 Å². The molecule has 0 atom stereocenters. The maximum atomic E-state index is 14.5. The van der Waals surface area contributed by atoms with Crippen molar-refractivity contribution < 1.29 is 26.9 Å². The average molecular weight is 501 g/mol. The first-order valence-electron chi connectivity index (χ1n) is 10.7. The first kappa shape index (κ1) is 23.1. The Kier molecular flexibility index (Phi) is 6.05. The van der Waals surface area contributed by atoms with Crippen molar-refractivity contribution in [3.63, 3.8) is 0 Å². The van der Waals surface area contributed by atoms with Gasteiger partial charge in [0.2, 0.25) is 21.7 Å². The van der Waals surface area contributed by atoms with Crippen LogP contribution in [0.15, 0.2) is 53.3 Å². The Hall–Kier alpha value is -3.68. The van der Waals surface area contributed by atoms with Gasteiger partial charge in [0.1, 0.15) is 17.2 Å². The lowest BCUT2D eigenvalue weighted by Crippen LogP contribution is -2.49. The van der Waals surface area contributed by atoms with Gasteiger partial charge < -0.3 is 14.6 Å². The van der Waals surface area contributed by atoms with E-state index in [1.807, 2.05) is 0 Å². The number of hydrogen-bond donors (Lipinski definition) is 1. The minimum atomic E-state index is -3.40. The molecule has 4 heterocycles. The number of aromatic nitrogens is 4. The Morgan fingerprint density at radius 2 is 2.11 bits per heavy atom. The van der Waals surface area contributed by atoms with Gasteiger partial charge in [0.25, 0.3) is 5.91 Å². The monoisotopic (exact) mass is 500 g/mol. The molecule has 0 radical (unpaired) electrons. The van der Waals surface area contributed by atoms with Gasteiger partial charge >= 0.3 is 0 Å². The molecule has 1 N–H and O–H groups in total. The van der Waals surface area contributed by atoms with Crippen molar-refractivity contribution in [1.29, 1.82) is 0 Å². The number of benzene rings is 1. The average Bonchev–Trinajstić information content (AvgIpc) is 3.46. The second-order valence-corrected chi connectivity index (χ2v) is 10.1. The summed E-state index contributed by atoms with van der Waals surface area (Å²) in [7, 11) is -1.95. The number of carbonyl (C=O) groups is 1. The van der Waals surface area contributed by atoms with Gasteiger partial charge in [-0.25, -0.2) is 22.1 Å². The highest BCUT2D eigenvalue weighted by atomic mass is 32.2. The van der Waals surface area contributed by atoms with Crippen LogP contribution in [0.2, 0.25) is 0 Å². The molecule has 1 fully saturated rings. The van der Waals surface area contributed by atoms with E-state index in [9.17, 15) is 17.6 Å². The zero-order valence-corrected chi connectivity index (χ0v) is 19.4. The van der Waals surface area contributed by atoms with Crippen LogP contribution in [-0.4, -0.2) is 70.7 Å². The summed E-state index contributed by atoms with van der Waals surface area (Å²) in [6.45, 7) is 0.588. The van der Waals surface area contributed by atoms with Crippen LogP contribution in [0.5, 0.6) is 0 Å². The number of anilines is 1. The Balaban J connectivity index is 1.30. The van der Waals surface area contributed by atoms with E-state index in [4.69, 9.17) is 9.26 Å². The summed E-state index contributed by atoms with van der Waals surface area (Å²) in [5.74, 6) is -0.994. The molecule has 4 aromatic rings. The molecule has 11 nitrogen and oxygen atoms in total. The number of pyridine rings is 1. The molecule has 1 saturated heterocycles. The number of imidazole rings is 1. The number of ether oxygens (including phenoxy) is 1. The molecule has 1 amide bonds. The third-order valence-corrected chi connectivity index (χ3v) is 7.47. The number of halogens is 1. The van der Waals surface area contributed by atoms with Crippen LogP contribution in [0.4, 0.5) is 10.1 Å². The van der Waals surface area contributed by atoms with Crippen molar-refractivity contribution in [2.75, 3.05) is 37.9 Å². The van der Waals surface area contributed by atoms with Gasteiger partial charge in [-0.3, -0.25) is 9.20 Å². The zero-order chi connectivity index (χ0) is 24.6. The van der Waals surface area contributed by atoms with Crippen molar-refractivity contribution in [1.82, 2.24) is 23.8 Å². The van der Waals surface area contributed by atoms with E-state index in [-0.39, 0.29) is 48.6 Å². The third kappa shape index (κ3) is 4.52. The molecule has 0 aliphatic carbocycles. The molecule has 0 saturated carbocycles. The molecule has 35 heavy (non-hydrogen) atoms. The lowest BCUT2D eigenvalue weighted by molar-refractivity contribution is 0.102. The maximum absolute atomic E-state index is 14.5. The largest absolute Gasteiger partial charge is 0.384 e. The van der Waals surface area contributed by atoms with Gasteiger partial charge in [-0.15, -0.1) is 0 Å². The molecule has 13 heteroatoms. The Morgan fingerprint density at radius 1 is 1.29 bits per heavy atom. The summed E-state index contributed by atoms with van der Waals surface area (Å²) in [6.07, 6.45) is 3.10. The normalized spacial score (nSPS) is 14.8. The SMILES string of the molecule is COCCS(=O)(=O)N1CC(c2nc(-c3ccc(F)c(NC(=O)c4cnc5ccccn45)c3)no2)C1. The van der Waals surface area contributed by atoms with Crippen molar-refractivity contribution in [2.24, 2.45) is 0 Å². The van der Waals surface area contributed by atoms with Gasteiger partial charge in [0.05, 0.1) is 30.2 Å². The number of nitrogens with zero attached hydrogens (tertiary/aromatic N) is 5.